The molecule has 0 aliphatic rings. The summed E-state index contributed by atoms with van der Waals surface area (Å²) in [7, 11) is 1.35. The fourth-order valence-corrected chi connectivity index (χ4v) is 1.49. The van der Waals surface area contributed by atoms with Crippen LogP contribution in [0.1, 0.15) is 18.5 Å². The number of carbonyl (C=O) groups is 1. The maximum absolute atomic E-state index is 13.7. The number of hydrogen-bond acceptors (Lipinski definition) is 4. The Morgan fingerprint density at radius 1 is 1.47 bits per heavy atom. The van der Waals surface area contributed by atoms with Crippen LogP contribution in [0.4, 0.5) is 8.78 Å². The number of rotatable bonds is 5. The lowest BCUT2D eigenvalue weighted by atomic mass is 10.0. The van der Waals surface area contributed by atoms with Crippen molar-refractivity contribution in [1.29, 1.82) is 0 Å². The maximum atomic E-state index is 13.7. The Morgan fingerprint density at radius 2 is 2.11 bits per heavy atom. The molecule has 1 rings (SSSR count). The third kappa shape index (κ3) is 4.33. The highest BCUT2D eigenvalue weighted by atomic mass is 35.5. The molecule has 4 nitrogen and oxygen atoms in total. The number of ether oxygens (including phenoxy) is 2. The molecule has 0 aromatic heterocycles. The van der Waals surface area contributed by atoms with Crippen molar-refractivity contribution in [2.45, 2.75) is 19.1 Å². The van der Waals surface area contributed by atoms with Gasteiger partial charge in [-0.25, -0.2) is 13.6 Å². The quantitative estimate of drug-likeness (QED) is 0.846. The van der Waals surface area contributed by atoms with Gasteiger partial charge in [0, 0.05) is 5.56 Å². The Hall–Kier alpha value is -1.40. The number of alkyl halides is 1. The van der Waals surface area contributed by atoms with Gasteiger partial charge in [0.1, 0.15) is 11.6 Å². The van der Waals surface area contributed by atoms with E-state index in [1.165, 1.54) is 13.2 Å². The molecule has 0 saturated carbocycles. The summed E-state index contributed by atoms with van der Waals surface area (Å²) in [4.78, 5) is 11.2. The SMILES string of the molecule is CCOC(=O)C(F)[C@@H](N)c1cc(F)ccc1OC.Cl. The second kappa shape index (κ2) is 7.91. The molecule has 0 heterocycles. The van der Waals surface area contributed by atoms with E-state index >= 15 is 0 Å². The van der Waals surface area contributed by atoms with Crippen LogP contribution in [0, 0.1) is 5.82 Å². The van der Waals surface area contributed by atoms with E-state index in [1.54, 1.807) is 6.92 Å². The first-order valence-electron chi connectivity index (χ1n) is 5.41. The van der Waals surface area contributed by atoms with E-state index in [9.17, 15) is 13.6 Å². The van der Waals surface area contributed by atoms with Crippen LogP contribution in [0.2, 0.25) is 0 Å². The maximum Gasteiger partial charge on any atom is 0.342 e. The molecule has 0 fully saturated rings. The number of methoxy groups -OCH3 is 1. The molecule has 108 valence electrons. The van der Waals surface area contributed by atoms with Gasteiger partial charge >= 0.3 is 5.97 Å². The van der Waals surface area contributed by atoms with E-state index in [1.807, 2.05) is 0 Å². The minimum Gasteiger partial charge on any atom is -0.496 e. The molecule has 2 atom stereocenters. The number of nitrogens with two attached hydrogens (primary N) is 1. The van der Waals surface area contributed by atoms with Gasteiger partial charge in [0.05, 0.1) is 19.8 Å². The van der Waals surface area contributed by atoms with Gasteiger partial charge < -0.3 is 15.2 Å². The van der Waals surface area contributed by atoms with Crippen LogP contribution in [-0.2, 0) is 9.53 Å². The van der Waals surface area contributed by atoms with Crippen LogP contribution in [0.15, 0.2) is 18.2 Å². The van der Waals surface area contributed by atoms with Crippen LogP contribution in [0.5, 0.6) is 5.75 Å². The van der Waals surface area contributed by atoms with Gasteiger partial charge in [0.25, 0.3) is 0 Å². The van der Waals surface area contributed by atoms with Crippen molar-refractivity contribution in [3.63, 3.8) is 0 Å². The predicted octanol–water partition coefficient (Wildman–Crippen LogP) is 2.16. The molecule has 1 unspecified atom stereocenters. The zero-order valence-electron chi connectivity index (χ0n) is 10.6. The standard InChI is InChI=1S/C12H15F2NO3.ClH/c1-3-18-12(16)10(14)11(15)8-6-7(13)4-5-9(8)17-2;/h4-6,10-11H,3,15H2,1-2H3;1H/t10?,11-;/m0./s1. The Bertz CT molecular complexity index is 431. The van der Waals surface area contributed by atoms with Gasteiger partial charge in [-0.1, -0.05) is 0 Å². The van der Waals surface area contributed by atoms with Crippen molar-refractivity contribution < 1.29 is 23.0 Å². The smallest absolute Gasteiger partial charge is 0.342 e. The van der Waals surface area contributed by atoms with E-state index < -0.39 is 24.0 Å². The number of carbonyl (C=O) groups excluding carboxylic acids is 1. The molecular formula is C12H16ClF2NO3. The molecule has 2 N–H and O–H groups in total. The first-order chi connectivity index (χ1) is 8.51. The van der Waals surface area contributed by atoms with E-state index in [0.717, 1.165) is 12.1 Å². The molecule has 19 heavy (non-hydrogen) atoms. The summed E-state index contributed by atoms with van der Waals surface area (Å²) in [5, 5.41) is 0. The van der Waals surface area contributed by atoms with Crippen molar-refractivity contribution in [2.75, 3.05) is 13.7 Å². The zero-order chi connectivity index (χ0) is 13.7. The molecule has 0 aliphatic heterocycles. The number of halogens is 3. The molecule has 0 saturated heterocycles. The van der Waals surface area contributed by atoms with Gasteiger partial charge in [-0.05, 0) is 25.1 Å². The molecule has 7 heteroatoms. The monoisotopic (exact) mass is 295 g/mol. The summed E-state index contributed by atoms with van der Waals surface area (Å²) in [6.45, 7) is 1.60. The normalized spacial score (nSPS) is 13.1. The fourth-order valence-electron chi connectivity index (χ4n) is 1.49. The second-order valence-corrected chi connectivity index (χ2v) is 3.57. The number of esters is 1. The van der Waals surface area contributed by atoms with E-state index in [0.29, 0.717) is 0 Å². The molecule has 0 amide bonds. The van der Waals surface area contributed by atoms with Crippen LogP contribution >= 0.6 is 12.4 Å². The predicted molar refractivity (Wildman–Crippen MR) is 68.7 cm³/mol. The Labute approximate surface area is 116 Å². The minimum absolute atomic E-state index is 0. The van der Waals surface area contributed by atoms with Crippen molar-refractivity contribution in [1.82, 2.24) is 0 Å². The molecular weight excluding hydrogens is 280 g/mol. The molecule has 0 bridgehead atoms. The summed E-state index contributed by atoms with van der Waals surface area (Å²) >= 11 is 0. The Balaban J connectivity index is 0.00000324. The highest BCUT2D eigenvalue weighted by Gasteiger charge is 2.30. The molecule has 1 aromatic rings. The number of benzene rings is 1. The summed E-state index contributed by atoms with van der Waals surface area (Å²) in [5.41, 5.74) is 5.67. The van der Waals surface area contributed by atoms with Gasteiger partial charge in [0.15, 0.2) is 0 Å². The van der Waals surface area contributed by atoms with Crippen LogP contribution in [-0.4, -0.2) is 25.9 Å². The summed E-state index contributed by atoms with van der Waals surface area (Å²) in [6, 6.07) is 2.18. The van der Waals surface area contributed by atoms with Crippen molar-refractivity contribution in [3.05, 3.63) is 29.6 Å². The summed E-state index contributed by atoms with van der Waals surface area (Å²) in [5.74, 6) is -1.44. The average Bonchev–Trinajstić information content (AvgIpc) is 2.37. The lowest BCUT2D eigenvalue weighted by molar-refractivity contribution is -0.149. The minimum atomic E-state index is -2.07. The van der Waals surface area contributed by atoms with Crippen LogP contribution < -0.4 is 10.5 Å². The van der Waals surface area contributed by atoms with Crippen molar-refractivity contribution in [2.24, 2.45) is 5.73 Å². The second-order valence-electron chi connectivity index (χ2n) is 3.57. The van der Waals surface area contributed by atoms with Gasteiger partial charge in [0.2, 0.25) is 6.17 Å². The van der Waals surface area contributed by atoms with Crippen LogP contribution in [0.3, 0.4) is 0 Å². The lowest BCUT2D eigenvalue weighted by Gasteiger charge is -2.18. The van der Waals surface area contributed by atoms with Crippen molar-refractivity contribution in [3.8, 4) is 5.75 Å². The molecule has 1 aromatic carbocycles. The molecule has 0 radical (unpaired) electrons. The largest absolute Gasteiger partial charge is 0.496 e. The lowest BCUT2D eigenvalue weighted by Crippen LogP contribution is -2.31. The van der Waals surface area contributed by atoms with E-state index in [4.69, 9.17) is 10.5 Å². The van der Waals surface area contributed by atoms with Gasteiger partial charge in [-0.15, -0.1) is 12.4 Å². The Kier molecular flexibility index (Phi) is 7.33. The van der Waals surface area contributed by atoms with E-state index in [2.05, 4.69) is 4.74 Å². The van der Waals surface area contributed by atoms with Crippen molar-refractivity contribution >= 4 is 18.4 Å². The highest BCUT2D eigenvalue weighted by molar-refractivity contribution is 5.85. The number of hydrogen-bond donors (Lipinski definition) is 1. The van der Waals surface area contributed by atoms with Gasteiger partial charge in [-0.2, -0.15) is 0 Å². The first-order valence-corrected chi connectivity index (χ1v) is 5.41. The van der Waals surface area contributed by atoms with Crippen LogP contribution in [0.25, 0.3) is 0 Å². The zero-order valence-corrected chi connectivity index (χ0v) is 11.4. The third-order valence-electron chi connectivity index (χ3n) is 2.38. The van der Waals surface area contributed by atoms with Gasteiger partial charge in [-0.3, -0.25) is 0 Å². The summed E-state index contributed by atoms with van der Waals surface area (Å²) < 4.78 is 36.3. The average molecular weight is 296 g/mol. The Morgan fingerprint density at radius 3 is 2.63 bits per heavy atom. The fraction of sp³-hybridized carbons (Fsp3) is 0.417. The molecule has 0 aliphatic carbocycles. The highest BCUT2D eigenvalue weighted by Crippen LogP contribution is 2.28. The topological polar surface area (TPSA) is 61.5 Å². The first kappa shape index (κ1) is 17.6. The molecule has 0 spiro atoms. The summed E-state index contributed by atoms with van der Waals surface area (Å²) in [6.07, 6.45) is -2.07. The third-order valence-corrected chi connectivity index (χ3v) is 2.38. The van der Waals surface area contributed by atoms with E-state index in [-0.39, 0.29) is 30.3 Å².